The molecule has 2 aromatic heterocycles. The highest BCUT2D eigenvalue weighted by atomic mass is 79.9. The van der Waals surface area contributed by atoms with E-state index in [1.165, 1.54) is 22.5 Å². The van der Waals surface area contributed by atoms with Gasteiger partial charge in [0.15, 0.2) is 4.80 Å². The van der Waals surface area contributed by atoms with E-state index in [1.807, 2.05) is 22.1 Å². The van der Waals surface area contributed by atoms with E-state index in [1.54, 1.807) is 29.5 Å². The summed E-state index contributed by atoms with van der Waals surface area (Å²) in [5.41, 5.74) is 4.98. The molecular formula is C25H16BrClN2O2S2. The highest BCUT2D eigenvalue weighted by Crippen LogP contribution is 2.42. The fourth-order valence-electron chi connectivity index (χ4n) is 4.56. The lowest BCUT2D eigenvalue weighted by Crippen LogP contribution is -2.38. The number of aromatic nitrogens is 1. The van der Waals surface area contributed by atoms with E-state index in [0.717, 1.165) is 33.5 Å². The molecule has 3 heterocycles. The monoisotopic (exact) mass is 554 g/mol. The third-order valence-corrected chi connectivity index (χ3v) is 8.68. The van der Waals surface area contributed by atoms with Crippen molar-refractivity contribution in [2.45, 2.75) is 18.9 Å². The molecule has 8 heteroatoms. The third-order valence-electron chi connectivity index (χ3n) is 6.03. The molecule has 6 rings (SSSR count). The molecule has 0 unspecified atom stereocenters. The minimum Gasteiger partial charge on any atom is -0.506 e. The molecule has 4 nitrogen and oxygen atoms in total. The molecule has 0 spiro atoms. The van der Waals surface area contributed by atoms with Crippen LogP contribution in [0.3, 0.4) is 0 Å². The molecule has 4 aromatic rings. The van der Waals surface area contributed by atoms with Gasteiger partial charge in [0.1, 0.15) is 5.75 Å². The van der Waals surface area contributed by atoms with Crippen LogP contribution in [-0.2, 0) is 6.42 Å². The summed E-state index contributed by atoms with van der Waals surface area (Å²) in [4.78, 5) is 20.5. The quantitative estimate of drug-likeness (QED) is 0.355. The predicted octanol–water partition coefficient (Wildman–Crippen LogP) is 5.50. The number of rotatable bonds is 2. The lowest BCUT2D eigenvalue weighted by atomic mass is 9.85. The molecule has 0 amide bonds. The fraction of sp³-hybridized carbons (Fsp3) is 0.120. The number of phenolic OH excluding ortho intramolecular Hbond substituents is 1. The summed E-state index contributed by atoms with van der Waals surface area (Å²) in [6.45, 7) is 0. The number of nitrogens with zero attached hydrogens (tertiary/aromatic N) is 2. The van der Waals surface area contributed by atoms with E-state index in [-0.39, 0.29) is 22.4 Å². The minimum atomic E-state index is -0.175. The molecule has 0 bridgehead atoms. The second-order valence-corrected chi connectivity index (χ2v) is 11.3. The summed E-state index contributed by atoms with van der Waals surface area (Å²) >= 11 is 12.5. The van der Waals surface area contributed by atoms with Crippen molar-refractivity contribution in [3.8, 4) is 5.75 Å². The number of thiazole rings is 1. The van der Waals surface area contributed by atoms with Gasteiger partial charge in [0, 0.05) is 20.5 Å². The summed E-state index contributed by atoms with van der Waals surface area (Å²) in [5.74, 6) is -0.0475. The van der Waals surface area contributed by atoms with Gasteiger partial charge in [-0.3, -0.25) is 9.36 Å². The second kappa shape index (κ2) is 8.09. The van der Waals surface area contributed by atoms with Gasteiger partial charge in [-0.25, -0.2) is 4.99 Å². The van der Waals surface area contributed by atoms with Gasteiger partial charge in [-0.1, -0.05) is 69.2 Å². The maximum atomic E-state index is 13.7. The molecule has 2 aromatic carbocycles. The number of hydrogen-bond donors (Lipinski definition) is 1. The Bertz CT molecular complexity index is 1630. The van der Waals surface area contributed by atoms with E-state index in [9.17, 15) is 9.90 Å². The normalized spacial score (nSPS) is 17.4. The Morgan fingerprint density at radius 3 is 2.85 bits per heavy atom. The van der Waals surface area contributed by atoms with Crippen LogP contribution in [0, 0.1) is 0 Å². The Hall–Kier alpha value is -2.45. The smallest absolute Gasteiger partial charge is 0.271 e. The SMILES string of the molecule is O=c1/c(=C\c2cc(Br)cc(Cl)c2O)sc2n1[C@H](c1cccs1)C1=C(N=2)c2ccccc2CC1. The average Bonchev–Trinajstić information content (AvgIpc) is 3.44. The lowest BCUT2D eigenvalue weighted by Gasteiger charge is -2.30. The van der Waals surface area contributed by atoms with Crippen LogP contribution in [0.15, 0.2) is 73.7 Å². The first kappa shape index (κ1) is 21.1. The summed E-state index contributed by atoms with van der Waals surface area (Å²) in [7, 11) is 0. The number of phenols is 1. The van der Waals surface area contributed by atoms with Crippen molar-refractivity contribution in [3.05, 3.63) is 110 Å². The van der Waals surface area contributed by atoms with Gasteiger partial charge in [-0.2, -0.15) is 0 Å². The Morgan fingerprint density at radius 1 is 1.18 bits per heavy atom. The van der Waals surface area contributed by atoms with E-state index in [2.05, 4.69) is 40.2 Å². The Morgan fingerprint density at radius 2 is 2.03 bits per heavy atom. The van der Waals surface area contributed by atoms with Crippen LogP contribution in [0.4, 0.5) is 0 Å². The van der Waals surface area contributed by atoms with Crippen LogP contribution in [0.2, 0.25) is 5.02 Å². The van der Waals surface area contributed by atoms with Gasteiger partial charge in [-0.15, -0.1) is 11.3 Å². The van der Waals surface area contributed by atoms with Crippen molar-refractivity contribution >= 4 is 62.0 Å². The van der Waals surface area contributed by atoms with Crippen LogP contribution in [0.5, 0.6) is 5.75 Å². The molecule has 1 aliphatic heterocycles. The molecule has 1 N–H and O–H groups in total. The maximum absolute atomic E-state index is 13.7. The third kappa shape index (κ3) is 3.46. The average molecular weight is 556 g/mol. The fourth-order valence-corrected chi connectivity index (χ4v) is 7.23. The second-order valence-electron chi connectivity index (χ2n) is 7.95. The summed E-state index contributed by atoms with van der Waals surface area (Å²) in [6, 6.07) is 15.7. The first-order valence-electron chi connectivity index (χ1n) is 10.4. The summed E-state index contributed by atoms with van der Waals surface area (Å²) in [5, 5.41) is 12.7. The van der Waals surface area contributed by atoms with Gasteiger partial charge >= 0.3 is 0 Å². The maximum Gasteiger partial charge on any atom is 0.271 e. The Balaban J connectivity index is 1.63. The zero-order valence-electron chi connectivity index (χ0n) is 17.1. The first-order chi connectivity index (χ1) is 16.0. The largest absolute Gasteiger partial charge is 0.506 e. The van der Waals surface area contributed by atoms with Crippen molar-refractivity contribution in [2.24, 2.45) is 4.99 Å². The standard InChI is InChI=1S/C25H16BrClN2O2S2/c26-15-10-14(23(30)18(27)12-15)11-20-24(31)29-22(19-6-3-9-32-19)17-8-7-13-4-1-2-5-16(13)21(17)28-25(29)33-20/h1-6,9-12,22,30H,7-8H2/b20-11+/t22-/m0/s1. The molecule has 1 atom stereocenters. The van der Waals surface area contributed by atoms with E-state index < -0.39 is 0 Å². The van der Waals surface area contributed by atoms with Crippen LogP contribution >= 0.6 is 50.2 Å². The highest BCUT2D eigenvalue weighted by Gasteiger charge is 2.33. The number of aryl methyl sites for hydroxylation is 1. The molecule has 0 radical (unpaired) electrons. The number of thiophene rings is 1. The van der Waals surface area contributed by atoms with E-state index in [0.29, 0.717) is 14.9 Å². The number of allylic oxidation sites excluding steroid dienone is 1. The Labute approximate surface area is 210 Å². The number of aromatic hydroxyl groups is 1. The van der Waals surface area contributed by atoms with Crippen LogP contribution in [0.1, 0.15) is 34.0 Å². The molecule has 1 aliphatic carbocycles. The topological polar surface area (TPSA) is 54.6 Å². The first-order valence-corrected chi connectivity index (χ1v) is 13.2. The molecule has 0 saturated carbocycles. The number of fused-ring (bicyclic) bond motifs is 3. The molecule has 0 saturated heterocycles. The predicted molar refractivity (Wildman–Crippen MR) is 138 cm³/mol. The van der Waals surface area contributed by atoms with Gasteiger partial charge < -0.3 is 5.11 Å². The Kier molecular flexibility index (Phi) is 5.18. The van der Waals surface area contributed by atoms with Crippen molar-refractivity contribution in [2.75, 3.05) is 0 Å². The zero-order chi connectivity index (χ0) is 22.7. The van der Waals surface area contributed by atoms with Gasteiger partial charge in [-0.05, 0) is 53.6 Å². The van der Waals surface area contributed by atoms with Crippen LogP contribution in [-0.4, -0.2) is 9.67 Å². The number of halogens is 2. The lowest BCUT2D eigenvalue weighted by molar-refractivity contribution is 0.474. The molecular weight excluding hydrogens is 540 g/mol. The van der Waals surface area contributed by atoms with E-state index in [4.69, 9.17) is 16.6 Å². The minimum absolute atomic E-state index is 0.0475. The molecule has 0 fully saturated rings. The number of hydrogen-bond acceptors (Lipinski definition) is 5. The van der Waals surface area contributed by atoms with Crippen LogP contribution < -0.4 is 14.9 Å². The number of benzene rings is 2. The summed E-state index contributed by atoms with van der Waals surface area (Å²) in [6.07, 6.45) is 3.49. The van der Waals surface area contributed by atoms with Crippen molar-refractivity contribution in [1.29, 1.82) is 0 Å². The van der Waals surface area contributed by atoms with Crippen molar-refractivity contribution in [1.82, 2.24) is 4.57 Å². The molecule has 164 valence electrons. The summed E-state index contributed by atoms with van der Waals surface area (Å²) < 4.78 is 3.05. The van der Waals surface area contributed by atoms with Crippen molar-refractivity contribution in [3.63, 3.8) is 0 Å². The highest BCUT2D eigenvalue weighted by molar-refractivity contribution is 9.10. The van der Waals surface area contributed by atoms with Crippen molar-refractivity contribution < 1.29 is 5.11 Å². The molecule has 2 aliphatic rings. The van der Waals surface area contributed by atoms with Gasteiger partial charge in [0.2, 0.25) is 0 Å². The zero-order valence-corrected chi connectivity index (χ0v) is 21.1. The van der Waals surface area contributed by atoms with Crippen LogP contribution in [0.25, 0.3) is 11.8 Å². The molecule has 33 heavy (non-hydrogen) atoms. The van der Waals surface area contributed by atoms with Gasteiger partial charge in [0.05, 0.1) is 21.3 Å². The van der Waals surface area contributed by atoms with E-state index >= 15 is 0 Å². The van der Waals surface area contributed by atoms with Gasteiger partial charge in [0.25, 0.3) is 5.56 Å².